The Balaban J connectivity index is 1.75. The highest BCUT2D eigenvalue weighted by Gasteiger charge is 2.45. The Morgan fingerprint density at radius 1 is 1.31 bits per heavy atom. The Morgan fingerprint density at radius 2 is 2.08 bits per heavy atom. The lowest BCUT2D eigenvalue weighted by Crippen LogP contribution is -2.55. The monoisotopic (exact) mass is 183 g/mol. The number of hydrogen-bond donors (Lipinski definition) is 1. The van der Waals surface area contributed by atoms with Gasteiger partial charge in [0.2, 0.25) is 0 Å². The van der Waals surface area contributed by atoms with Crippen LogP contribution in [0.15, 0.2) is 0 Å². The molecular formula is C10H21N3. The molecule has 0 saturated carbocycles. The maximum atomic E-state index is 5.51. The topological polar surface area (TPSA) is 32.5 Å². The van der Waals surface area contributed by atoms with Gasteiger partial charge in [-0.15, -0.1) is 0 Å². The highest BCUT2D eigenvalue weighted by molar-refractivity contribution is 4.99. The number of likely N-dealkylation sites (tertiary alicyclic amines) is 2. The summed E-state index contributed by atoms with van der Waals surface area (Å²) in [4.78, 5) is 5.01. The SMILES string of the molecule is CN1CC2(CCN(CCCN)C2)C1. The summed E-state index contributed by atoms with van der Waals surface area (Å²) in [6.45, 7) is 7.29. The Labute approximate surface area is 80.9 Å². The molecule has 0 atom stereocenters. The van der Waals surface area contributed by atoms with Gasteiger partial charge in [0.05, 0.1) is 0 Å². The summed E-state index contributed by atoms with van der Waals surface area (Å²) in [6, 6.07) is 0. The number of nitrogens with zero attached hydrogens (tertiary/aromatic N) is 2. The normalized spacial score (nSPS) is 28.2. The van der Waals surface area contributed by atoms with Gasteiger partial charge in [-0.25, -0.2) is 0 Å². The summed E-state index contributed by atoms with van der Waals surface area (Å²) >= 11 is 0. The van der Waals surface area contributed by atoms with Crippen LogP contribution in [-0.4, -0.2) is 56.1 Å². The molecule has 2 heterocycles. The lowest BCUT2D eigenvalue weighted by Gasteiger charge is -2.46. The van der Waals surface area contributed by atoms with E-state index in [4.69, 9.17) is 5.73 Å². The van der Waals surface area contributed by atoms with E-state index in [1.807, 2.05) is 0 Å². The third kappa shape index (κ3) is 1.87. The molecule has 0 radical (unpaired) electrons. The van der Waals surface area contributed by atoms with Crippen molar-refractivity contribution < 1.29 is 0 Å². The van der Waals surface area contributed by atoms with E-state index in [1.165, 1.54) is 39.1 Å². The van der Waals surface area contributed by atoms with Crippen LogP contribution in [0.5, 0.6) is 0 Å². The van der Waals surface area contributed by atoms with E-state index in [9.17, 15) is 0 Å². The molecule has 1 spiro atoms. The van der Waals surface area contributed by atoms with Gasteiger partial charge in [0, 0.05) is 25.0 Å². The predicted molar refractivity (Wildman–Crippen MR) is 54.7 cm³/mol. The summed E-state index contributed by atoms with van der Waals surface area (Å²) in [7, 11) is 2.22. The van der Waals surface area contributed by atoms with Crippen molar-refractivity contribution in [3.05, 3.63) is 0 Å². The number of nitrogens with two attached hydrogens (primary N) is 1. The van der Waals surface area contributed by atoms with Crippen molar-refractivity contribution >= 4 is 0 Å². The largest absolute Gasteiger partial charge is 0.330 e. The summed E-state index contributed by atoms with van der Waals surface area (Å²) < 4.78 is 0. The zero-order chi connectivity index (χ0) is 9.31. The molecule has 0 aromatic rings. The summed E-state index contributed by atoms with van der Waals surface area (Å²) in [5.74, 6) is 0. The van der Waals surface area contributed by atoms with E-state index in [-0.39, 0.29) is 0 Å². The maximum absolute atomic E-state index is 5.51. The minimum atomic E-state index is 0.670. The fourth-order valence-corrected chi connectivity index (χ4v) is 2.89. The first-order valence-electron chi connectivity index (χ1n) is 5.35. The molecule has 76 valence electrons. The van der Waals surface area contributed by atoms with E-state index in [1.54, 1.807) is 0 Å². The van der Waals surface area contributed by atoms with Crippen LogP contribution in [0, 0.1) is 5.41 Å². The lowest BCUT2D eigenvalue weighted by molar-refractivity contribution is 0.0308. The Hall–Kier alpha value is -0.120. The van der Waals surface area contributed by atoms with E-state index in [2.05, 4.69) is 16.8 Å². The third-order valence-electron chi connectivity index (χ3n) is 3.41. The predicted octanol–water partition coefficient (Wildman–Crippen LogP) is -0.0273. The Bertz CT molecular complexity index is 175. The van der Waals surface area contributed by atoms with E-state index in [0.717, 1.165) is 13.0 Å². The second kappa shape index (κ2) is 3.56. The summed E-state index contributed by atoms with van der Waals surface area (Å²) in [5, 5.41) is 0. The van der Waals surface area contributed by atoms with Crippen LogP contribution in [0.25, 0.3) is 0 Å². The van der Waals surface area contributed by atoms with Gasteiger partial charge in [0.1, 0.15) is 0 Å². The van der Waals surface area contributed by atoms with Gasteiger partial charge in [-0.05, 0) is 39.5 Å². The van der Waals surface area contributed by atoms with Gasteiger partial charge in [-0.1, -0.05) is 0 Å². The smallest absolute Gasteiger partial charge is 0.00966 e. The standard InChI is InChI=1S/C10H21N3/c1-12-7-10(8-12)3-6-13(9-10)5-2-4-11/h2-9,11H2,1H3. The molecule has 0 amide bonds. The van der Waals surface area contributed by atoms with Gasteiger partial charge in [0.15, 0.2) is 0 Å². The van der Waals surface area contributed by atoms with Crippen molar-refractivity contribution in [1.29, 1.82) is 0 Å². The van der Waals surface area contributed by atoms with Crippen LogP contribution in [0.2, 0.25) is 0 Å². The molecule has 2 rings (SSSR count). The van der Waals surface area contributed by atoms with Crippen LogP contribution in [0.4, 0.5) is 0 Å². The zero-order valence-corrected chi connectivity index (χ0v) is 8.63. The first-order valence-corrected chi connectivity index (χ1v) is 5.35. The minimum Gasteiger partial charge on any atom is -0.330 e. The lowest BCUT2D eigenvalue weighted by atomic mass is 9.79. The van der Waals surface area contributed by atoms with Crippen LogP contribution >= 0.6 is 0 Å². The molecule has 0 aromatic carbocycles. The van der Waals surface area contributed by atoms with Gasteiger partial charge in [-0.3, -0.25) is 0 Å². The average molecular weight is 183 g/mol. The molecule has 2 N–H and O–H groups in total. The molecule has 13 heavy (non-hydrogen) atoms. The zero-order valence-electron chi connectivity index (χ0n) is 8.63. The van der Waals surface area contributed by atoms with Crippen LogP contribution in [0.3, 0.4) is 0 Å². The molecule has 0 aromatic heterocycles. The summed E-state index contributed by atoms with van der Waals surface area (Å²) in [6.07, 6.45) is 2.56. The van der Waals surface area contributed by atoms with Crippen molar-refractivity contribution in [3.8, 4) is 0 Å². The molecule has 3 nitrogen and oxygen atoms in total. The molecule has 0 bridgehead atoms. The van der Waals surface area contributed by atoms with Crippen LogP contribution in [0.1, 0.15) is 12.8 Å². The first kappa shape index (κ1) is 9.44. The molecule has 2 aliphatic heterocycles. The average Bonchev–Trinajstić information content (AvgIpc) is 2.45. The number of hydrogen-bond acceptors (Lipinski definition) is 3. The van der Waals surface area contributed by atoms with E-state index >= 15 is 0 Å². The van der Waals surface area contributed by atoms with E-state index in [0.29, 0.717) is 5.41 Å². The van der Waals surface area contributed by atoms with Gasteiger partial charge in [0.25, 0.3) is 0 Å². The highest BCUT2D eigenvalue weighted by Crippen LogP contribution is 2.38. The van der Waals surface area contributed by atoms with Crippen molar-refractivity contribution in [2.75, 3.05) is 46.3 Å². The number of rotatable bonds is 3. The first-order chi connectivity index (χ1) is 6.24. The van der Waals surface area contributed by atoms with Gasteiger partial charge in [-0.2, -0.15) is 0 Å². The maximum Gasteiger partial charge on any atom is 0.00966 e. The molecular weight excluding hydrogens is 162 g/mol. The molecule has 0 unspecified atom stereocenters. The fourth-order valence-electron chi connectivity index (χ4n) is 2.89. The van der Waals surface area contributed by atoms with Crippen LogP contribution < -0.4 is 5.73 Å². The fraction of sp³-hybridized carbons (Fsp3) is 1.00. The molecule has 2 fully saturated rings. The van der Waals surface area contributed by atoms with Gasteiger partial charge >= 0.3 is 0 Å². The minimum absolute atomic E-state index is 0.670. The van der Waals surface area contributed by atoms with E-state index < -0.39 is 0 Å². The Kier molecular flexibility index (Phi) is 2.58. The van der Waals surface area contributed by atoms with Crippen molar-refractivity contribution in [1.82, 2.24) is 9.80 Å². The quantitative estimate of drug-likeness (QED) is 0.667. The summed E-state index contributed by atoms with van der Waals surface area (Å²) in [5.41, 5.74) is 6.18. The Morgan fingerprint density at radius 3 is 2.69 bits per heavy atom. The second-order valence-electron chi connectivity index (χ2n) is 4.84. The second-order valence-corrected chi connectivity index (χ2v) is 4.84. The molecule has 2 saturated heterocycles. The van der Waals surface area contributed by atoms with Crippen LogP contribution in [-0.2, 0) is 0 Å². The van der Waals surface area contributed by atoms with Crippen molar-refractivity contribution in [2.45, 2.75) is 12.8 Å². The van der Waals surface area contributed by atoms with Crippen molar-refractivity contribution in [2.24, 2.45) is 11.1 Å². The molecule has 0 aliphatic carbocycles. The highest BCUT2D eigenvalue weighted by atomic mass is 15.2. The van der Waals surface area contributed by atoms with Crippen molar-refractivity contribution in [3.63, 3.8) is 0 Å². The third-order valence-corrected chi connectivity index (χ3v) is 3.41. The molecule has 2 aliphatic rings. The molecule has 3 heteroatoms. The van der Waals surface area contributed by atoms with Gasteiger partial charge < -0.3 is 15.5 Å².